The van der Waals surface area contributed by atoms with Crippen molar-refractivity contribution in [1.29, 1.82) is 0 Å². The van der Waals surface area contributed by atoms with E-state index in [0.717, 1.165) is 16.8 Å². The van der Waals surface area contributed by atoms with Crippen LogP contribution in [-0.4, -0.2) is 29.5 Å². The number of benzene rings is 1. The zero-order valence-corrected chi connectivity index (χ0v) is 13.9. The highest BCUT2D eigenvalue weighted by atomic mass is 35.5. The van der Waals surface area contributed by atoms with Gasteiger partial charge in [0, 0.05) is 18.8 Å². The van der Waals surface area contributed by atoms with Gasteiger partial charge in [0.15, 0.2) is 0 Å². The smallest absolute Gasteiger partial charge is 0.243 e. The maximum absolute atomic E-state index is 12.2. The van der Waals surface area contributed by atoms with E-state index in [1.165, 1.54) is 0 Å². The molecule has 0 spiro atoms. The number of anilines is 2. The predicted molar refractivity (Wildman–Crippen MR) is 89.6 cm³/mol. The minimum atomic E-state index is -0.108. The third-order valence-electron chi connectivity index (χ3n) is 3.44. The lowest BCUT2D eigenvalue weighted by molar-refractivity contribution is -0.114. The Bertz CT molecular complexity index is 682. The minimum Gasteiger partial charge on any atom is -0.350 e. The molecule has 0 bridgehead atoms. The Balaban J connectivity index is 2.06. The first-order valence-corrected chi connectivity index (χ1v) is 7.33. The van der Waals surface area contributed by atoms with Crippen LogP contribution >= 0.6 is 11.6 Å². The number of hydrogen-bond acceptors (Lipinski definition) is 4. The third kappa shape index (κ3) is 3.95. The van der Waals surface area contributed by atoms with E-state index in [1.54, 1.807) is 24.9 Å². The summed E-state index contributed by atoms with van der Waals surface area (Å²) in [4.78, 5) is 22.2. The SMILES string of the molecule is Cc1nc(Cl)cc(N(C)CC(=O)Nc2cccc(C)c2C)n1. The van der Waals surface area contributed by atoms with E-state index in [2.05, 4.69) is 15.3 Å². The van der Waals surface area contributed by atoms with E-state index in [0.29, 0.717) is 16.8 Å². The molecule has 0 radical (unpaired) electrons. The molecule has 0 unspecified atom stereocenters. The lowest BCUT2D eigenvalue weighted by Gasteiger charge is -2.18. The summed E-state index contributed by atoms with van der Waals surface area (Å²) in [6.07, 6.45) is 0. The molecule has 0 saturated carbocycles. The predicted octanol–water partition coefficient (Wildman–Crippen LogP) is 3.13. The number of hydrogen-bond donors (Lipinski definition) is 1. The molecule has 1 heterocycles. The number of carbonyl (C=O) groups excluding carboxylic acids is 1. The molecule has 0 atom stereocenters. The molecule has 2 rings (SSSR count). The van der Waals surface area contributed by atoms with Gasteiger partial charge in [0.2, 0.25) is 5.91 Å². The highest BCUT2D eigenvalue weighted by Crippen LogP contribution is 2.18. The number of carbonyl (C=O) groups is 1. The fourth-order valence-electron chi connectivity index (χ4n) is 2.08. The fourth-order valence-corrected chi connectivity index (χ4v) is 2.30. The van der Waals surface area contributed by atoms with Crippen molar-refractivity contribution in [1.82, 2.24) is 9.97 Å². The first-order valence-electron chi connectivity index (χ1n) is 6.95. The largest absolute Gasteiger partial charge is 0.350 e. The van der Waals surface area contributed by atoms with Crippen LogP contribution in [0.2, 0.25) is 5.15 Å². The molecule has 0 aliphatic heterocycles. The van der Waals surface area contributed by atoms with E-state index in [1.807, 2.05) is 32.0 Å². The van der Waals surface area contributed by atoms with Crippen molar-refractivity contribution in [3.05, 3.63) is 46.4 Å². The highest BCUT2D eigenvalue weighted by molar-refractivity contribution is 6.29. The summed E-state index contributed by atoms with van der Waals surface area (Å²) < 4.78 is 0. The highest BCUT2D eigenvalue weighted by Gasteiger charge is 2.11. The van der Waals surface area contributed by atoms with Crippen molar-refractivity contribution in [3.8, 4) is 0 Å². The Morgan fingerprint density at radius 1 is 1.27 bits per heavy atom. The Kier molecular flexibility index (Phi) is 4.98. The van der Waals surface area contributed by atoms with Crippen LogP contribution in [0.5, 0.6) is 0 Å². The molecular formula is C16H19ClN4O. The van der Waals surface area contributed by atoms with E-state index < -0.39 is 0 Å². The molecule has 5 nitrogen and oxygen atoms in total. The topological polar surface area (TPSA) is 58.1 Å². The van der Waals surface area contributed by atoms with Crippen LogP contribution in [0.4, 0.5) is 11.5 Å². The molecule has 2 aromatic rings. The van der Waals surface area contributed by atoms with Gasteiger partial charge in [-0.1, -0.05) is 23.7 Å². The molecule has 116 valence electrons. The minimum absolute atomic E-state index is 0.108. The number of nitrogens with one attached hydrogen (secondary N) is 1. The van der Waals surface area contributed by atoms with Gasteiger partial charge in [0.05, 0.1) is 6.54 Å². The van der Waals surface area contributed by atoms with E-state index in [-0.39, 0.29) is 12.5 Å². The number of aromatic nitrogens is 2. The average Bonchev–Trinajstić information content (AvgIpc) is 2.42. The van der Waals surface area contributed by atoms with E-state index in [9.17, 15) is 4.79 Å². The molecule has 1 aromatic carbocycles. The first-order chi connectivity index (χ1) is 10.4. The summed E-state index contributed by atoms with van der Waals surface area (Å²) in [6, 6.07) is 7.48. The van der Waals surface area contributed by atoms with Crippen molar-refractivity contribution >= 4 is 29.0 Å². The molecule has 22 heavy (non-hydrogen) atoms. The maximum atomic E-state index is 12.2. The van der Waals surface area contributed by atoms with Crippen LogP contribution in [0.3, 0.4) is 0 Å². The van der Waals surface area contributed by atoms with Gasteiger partial charge in [-0.3, -0.25) is 4.79 Å². The number of aryl methyl sites for hydroxylation is 2. The van der Waals surface area contributed by atoms with E-state index >= 15 is 0 Å². The molecule has 0 aliphatic rings. The molecule has 1 aromatic heterocycles. The monoisotopic (exact) mass is 318 g/mol. The second kappa shape index (κ2) is 6.75. The van der Waals surface area contributed by atoms with Crippen molar-refractivity contribution < 1.29 is 4.79 Å². The van der Waals surface area contributed by atoms with Crippen molar-refractivity contribution in [2.45, 2.75) is 20.8 Å². The van der Waals surface area contributed by atoms with Crippen molar-refractivity contribution in [2.24, 2.45) is 0 Å². The zero-order chi connectivity index (χ0) is 16.3. The second-order valence-corrected chi connectivity index (χ2v) is 5.64. The number of rotatable bonds is 4. The lowest BCUT2D eigenvalue weighted by Crippen LogP contribution is -2.31. The second-order valence-electron chi connectivity index (χ2n) is 5.25. The molecule has 0 saturated heterocycles. The van der Waals surface area contributed by atoms with E-state index in [4.69, 9.17) is 11.6 Å². The van der Waals surface area contributed by atoms with Crippen LogP contribution in [0.25, 0.3) is 0 Å². The fraction of sp³-hybridized carbons (Fsp3) is 0.312. The summed E-state index contributed by atoms with van der Waals surface area (Å²) >= 11 is 5.92. The Labute approximate surface area is 135 Å². The molecule has 1 N–H and O–H groups in total. The van der Waals surface area contributed by atoms with Gasteiger partial charge < -0.3 is 10.2 Å². The van der Waals surface area contributed by atoms with Crippen LogP contribution < -0.4 is 10.2 Å². The van der Waals surface area contributed by atoms with Crippen LogP contribution in [0.1, 0.15) is 17.0 Å². The number of halogens is 1. The van der Waals surface area contributed by atoms with Gasteiger partial charge in [-0.2, -0.15) is 0 Å². The number of likely N-dealkylation sites (N-methyl/N-ethyl adjacent to an activating group) is 1. The summed E-state index contributed by atoms with van der Waals surface area (Å²) in [5.74, 6) is 1.08. The third-order valence-corrected chi connectivity index (χ3v) is 3.64. The van der Waals surface area contributed by atoms with Gasteiger partial charge >= 0.3 is 0 Å². The number of amides is 1. The first kappa shape index (κ1) is 16.2. The van der Waals surface area contributed by atoms with Crippen LogP contribution in [-0.2, 0) is 4.79 Å². The van der Waals surface area contributed by atoms with Gasteiger partial charge in [-0.05, 0) is 38.0 Å². The van der Waals surface area contributed by atoms with Crippen molar-refractivity contribution in [2.75, 3.05) is 23.8 Å². The van der Waals surface area contributed by atoms with Gasteiger partial charge in [0.25, 0.3) is 0 Å². The lowest BCUT2D eigenvalue weighted by atomic mass is 10.1. The number of nitrogens with zero attached hydrogens (tertiary/aromatic N) is 3. The summed E-state index contributed by atoms with van der Waals surface area (Å²) in [6.45, 7) is 5.95. The Morgan fingerprint density at radius 3 is 2.68 bits per heavy atom. The zero-order valence-electron chi connectivity index (χ0n) is 13.1. The molecule has 1 amide bonds. The molecule has 0 aliphatic carbocycles. The van der Waals surface area contributed by atoms with Crippen molar-refractivity contribution in [3.63, 3.8) is 0 Å². The Morgan fingerprint density at radius 2 is 2.00 bits per heavy atom. The Hall–Kier alpha value is -2.14. The molecule has 0 fully saturated rings. The summed E-state index contributed by atoms with van der Waals surface area (Å²) in [5, 5.41) is 3.29. The van der Waals surface area contributed by atoms with Gasteiger partial charge in [0.1, 0.15) is 16.8 Å². The van der Waals surface area contributed by atoms with Crippen LogP contribution in [0.15, 0.2) is 24.3 Å². The summed E-state index contributed by atoms with van der Waals surface area (Å²) in [5.41, 5.74) is 3.04. The standard InChI is InChI=1S/C16H19ClN4O/c1-10-6-5-7-13(11(10)2)20-16(22)9-21(4)15-8-14(17)18-12(3)19-15/h5-8H,9H2,1-4H3,(H,20,22). The van der Waals surface area contributed by atoms with Crippen LogP contribution in [0, 0.1) is 20.8 Å². The summed E-state index contributed by atoms with van der Waals surface area (Å²) in [7, 11) is 1.79. The average molecular weight is 319 g/mol. The quantitative estimate of drug-likeness (QED) is 0.880. The maximum Gasteiger partial charge on any atom is 0.243 e. The normalized spacial score (nSPS) is 10.4. The molecule has 6 heteroatoms. The van der Waals surface area contributed by atoms with Gasteiger partial charge in [-0.15, -0.1) is 0 Å². The van der Waals surface area contributed by atoms with Gasteiger partial charge in [-0.25, -0.2) is 9.97 Å². The molecular weight excluding hydrogens is 300 g/mol.